The average Bonchev–Trinajstić information content (AvgIpc) is 3.07. The summed E-state index contributed by atoms with van der Waals surface area (Å²) in [6.07, 6.45) is 0. The van der Waals surface area contributed by atoms with Gasteiger partial charge in [0.05, 0.1) is 27.2 Å². The molecule has 12 nitrogen and oxygen atoms in total. The molecule has 2 aromatic carbocycles. The summed E-state index contributed by atoms with van der Waals surface area (Å²) in [6, 6.07) is 8.87. The predicted octanol–water partition coefficient (Wildman–Crippen LogP) is -0.120. The second-order valence-corrected chi connectivity index (χ2v) is 7.67. The highest BCUT2D eigenvalue weighted by molar-refractivity contribution is 7.96. The van der Waals surface area contributed by atoms with Gasteiger partial charge < -0.3 is 16.5 Å². The maximum Gasteiger partial charge on any atom is 0.198 e. The summed E-state index contributed by atoms with van der Waals surface area (Å²) >= 11 is 0.794. The topological polar surface area (TPSA) is 213 Å². The molecule has 1 aromatic heterocycles. The van der Waals surface area contributed by atoms with Crippen LogP contribution >= 0.6 is 25.7 Å². The van der Waals surface area contributed by atoms with Crippen LogP contribution in [0.25, 0.3) is 22.2 Å². The third kappa shape index (κ3) is 4.46. The number of aromatic amines is 1. The molecule has 162 valence electrons. The zero-order valence-electron chi connectivity index (χ0n) is 15.7. The number of amidine groups is 1. The van der Waals surface area contributed by atoms with Gasteiger partial charge in [-0.3, -0.25) is 4.31 Å². The molecule has 30 heavy (non-hydrogen) atoms. The summed E-state index contributed by atoms with van der Waals surface area (Å²) in [4.78, 5) is 7.63. The molecule has 0 fully saturated rings. The highest BCUT2D eigenvalue weighted by Gasteiger charge is 2.25. The van der Waals surface area contributed by atoms with Crippen molar-refractivity contribution in [2.45, 2.75) is 4.90 Å². The number of hydrogen-bond donors (Lipinski definition) is 7. The minimum absolute atomic E-state index is 0. The molecule has 1 unspecified atom stereocenters. The Kier molecular flexibility index (Phi) is 7.90. The minimum Gasteiger partial charge on any atom is -0.382 e. The minimum atomic E-state index is -1.84. The van der Waals surface area contributed by atoms with Crippen molar-refractivity contribution in [2.24, 2.45) is 27.7 Å². The number of benzene rings is 2. The van der Waals surface area contributed by atoms with Crippen LogP contribution in [0.5, 0.6) is 0 Å². The molecule has 0 aliphatic heterocycles. The van der Waals surface area contributed by atoms with E-state index in [1.807, 2.05) is 18.2 Å². The summed E-state index contributed by atoms with van der Waals surface area (Å²) in [5.41, 5.74) is 17.7. The molecular formula is C15H22N10O2S3. The molecule has 15 heteroatoms. The second kappa shape index (κ2) is 9.98. The Morgan fingerprint density at radius 1 is 1.33 bits per heavy atom. The van der Waals surface area contributed by atoms with Crippen LogP contribution in [-0.2, 0) is 15.3 Å². The Hall–Kier alpha value is -2.53. The van der Waals surface area contributed by atoms with E-state index in [1.165, 1.54) is 4.31 Å². The number of imidazole rings is 1. The zero-order chi connectivity index (χ0) is 21.1. The van der Waals surface area contributed by atoms with Crippen LogP contribution in [0, 0.1) is 0 Å². The molecule has 0 amide bonds. The first kappa shape index (κ1) is 23.7. The number of hydrazone groups is 1. The standard InChI is InChI=1S/C15H20N10O2S2.H2S/c1-25(28-27-19)13-10(29(20)26)6-5-7(11(13)14(16)23-24-18)8-3-2-4-9-12(8)22-15(17)21-9;/h2-6,24H,18-20H2,1H3,(H2,16,23)(H3,17,21,22);1H2. The molecule has 1 heterocycles. The normalized spacial score (nSPS) is 12.5. The zero-order valence-corrected chi connectivity index (χ0v) is 18.4. The number of H-pyrrole nitrogens is 1. The number of nitrogens with two attached hydrogens (primary N) is 5. The number of hydrazine groups is 1. The number of aromatic nitrogens is 2. The summed E-state index contributed by atoms with van der Waals surface area (Å²) < 4.78 is 18.4. The van der Waals surface area contributed by atoms with E-state index in [1.54, 1.807) is 19.2 Å². The maximum absolute atomic E-state index is 12.2. The first-order valence-electron chi connectivity index (χ1n) is 8.03. The maximum atomic E-state index is 12.2. The van der Waals surface area contributed by atoms with E-state index in [2.05, 4.69) is 24.9 Å². The van der Waals surface area contributed by atoms with Crippen LogP contribution < -0.4 is 38.2 Å². The van der Waals surface area contributed by atoms with Gasteiger partial charge in [-0.05, 0) is 17.7 Å². The molecule has 0 saturated heterocycles. The molecular weight excluding hydrogens is 448 g/mol. The molecule has 0 bridgehead atoms. The highest BCUT2D eigenvalue weighted by atomic mass is 32.2. The van der Waals surface area contributed by atoms with Crippen molar-refractivity contribution in [1.82, 2.24) is 15.5 Å². The number of nitrogens with zero attached hydrogens (tertiary/aromatic N) is 3. The molecule has 1 atom stereocenters. The largest absolute Gasteiger partial charge is 0.382 e. The first-order chi connectivity index (χ1) is 13.9. The van der Waals surface area contributed by atoms with Gasteiger partial charge in [-0.15, -0.1) is 5.10 Å². The molecule has 3 rings (SSSR count). The van der Waals surface area contributed by atoms with E-state index in [9.17, 15) is 4.21 Å². The van der Waals surface area contributed by atoms with E-state index >= 15 is 0 Å². The molecule has 0 radical (unpaired) electrons. The number of anilines is 2. The Bertz CT molecular complexity index is 1100. The fourth-order valence-electron chi connectivity index (χ4n) is 3.03. The van der Waals surface area contributed by atoms with Gasteiger partial charge >= 0.3 is 0 Å². The third-order valence-electron chi connectivity index (χ3n) is 4.09. The quantitative estimate of drug-likeness (QED) is 0.0607. The Labute approximate surface area is 185 Å². The lowest BCUT2D eigenvalue weighted by atomic mass is 9.96. The van der Waals surface area contributed by atoms with E-state index in [-0.39, 0.29) is 25.3 Å². The van der Waals surface area contributed by atoms with Crippen LogP contribution in [0.2, 0.25) is 0 Å². The summed E-state index contributed by atoms with van der Waals surface area (Å²) in [5, 5.41) is 9.57. The smallest absolute Gasteiger partial charge is 0.198 e. The van der Waals surface area contributed by atoms with Gasteiger partial charge in [0, 0.05) is 12.6 Å². The van der Waals surface area contributed by atoms with Crippen LogP contribution in [0.15, 0.2) is 40.3 Å². The second-order valence-electron chi connectivity index (χ2n) is 5.75. The Morgan fingerprint density at radius 2 is 2.07 bits per heavy atom. The van der Waals surface area contributed by atoms with Gasteiger partial charge in [0.1, 0.15) is 23.2 Å². The van der Waals surface area contributed by atoms with Gasteiger partial charge in [0.2, 0.25) is 0 Å². The fourth-order valence-corrected chi connectivity index (χ4v) is 4.11. The number of hydrogen-bond acceptors (Lipinski definition) is 10. The van der Waals surface area contributed by atoms with Crippen LogP contribution in [0.4, 0.5) is 11.6 Å². The van der Waals surface area contributed by atoms with Crippen LogP contribution in [0.1, 0.15) is 5.56 Å². The lowest BCUT2D eigenvalue weighted by Gasteiger charge is -2.24. The van der Waals surface area contributed by atoms with Gasteiger partial charge in [-0.2, -0.15) is 13.5 Å². The van der Waals surface area contributed by atoms with Crippen LogP contribution in [-0.4, -0.2) is 27.1 Å². The van der Waals surface area contributed by atoms with Crippen molar-refractivity contribution in [3.05, 3.63) is 35.9 Å². The average molecular weight is 471 g/mol. The monoisotopic (exact) mass is 470 g/mol. The Balaban J connectivity index is 0.00000320. The van der Waals surface area contributed by atoms with E-state index in [0.717, 1.165) is 17.7 Å². The van der Waals surface area contributed by atoms with E-state index in [4.69, 9.17) is 28.3 Å². The molecule has 0 aliphatic rings. The van der Waals surface area contributed by atoms with Crippen molar-refractivity contribution >= 4 is 65.2 Å². The fraction of sp³-hybridized carbons (Fsp3) is 0.0667. The molecule has 0 aliphatic carbocycles. The predicted molar refractivity (Wildman–Crippen MR) is 126 cm³/mol. The van der Waals surface area contributed by atoms with E-state index in [0.29, 0.717) is 32.8 Å². The Morgan fingerprint density at radius 3 is 2.70 bits per heavy atom. The summed E-state index contributed by atoms with van der Waals surface area (Å²) in [5.74, 6) is 10.8. The van der Waals surface area contributed by atoms with Crippen molar-refractivity contribution in [3.8, 4) is 11.1 Å². The van der Waals surface area contributed by atoms with E-state index < -0.39 is 11.0 Å². The summed E-state index contributed by atoms with van der Waals surface area (Å²) in [6.45, 7) is 0. The number of nitrogens with one attached hydrogen (secondary N) is 2. The highest BCUT2D eigenvalue weighted by Crippen LogP contribution is 2.39. The molecule has 0 spiro atoms. The van der Waals surface area contributed by atoms with Crippen molar-refractivity contribution < 1.29 is 8.49 Å². The molecule has 3 aromatic rings. The van der Waals surface area contributed by atoms with Crippen molar-refractivity contribution in [3.63, 3.8) is 0 Å². The lowest BCUT2D eigenvalue weighted by molar-refractivity contribution is 0.397. The van der Waals surface area contributed by atoms with Gasteiger partial charge in [0.15, 0.2) is 11.8 Å². The lowest BCUT2D eigenvalue weighted by Crippen LogP contribution is -2.27. The van der Waals surface area contributed by atoms with Gasteiger partial charge in [0.25, 0.3) is 0 Å². The number of rotatable bonds is 7. The first-order valence-corrected chi connectivity index (χ1v) is 9.94. The number of nitrogen functional groups attached to an aromatic ring is 1. The molecule has 12 N–H and O–H groups in total. The van der Waals surface area contributed by atoms with Crippen molar-refractivity contribution in [2.75, 3.05) is 17.1 Å². The molecule has 0 saturated carbocycles. The number of fused-ring (bicyclic) bond motifs is 1. The summed E-state index contributed by atoms with van der Waals surface area (Å²) in [7, 11) is -0.193. The van der Waals surface area contributed by atoms with Crippen LogP contribution in [0.3, 0.4) is 0 Å². The van der Waals surface area contributed by atoms with Crippen molar-refractivity contribution in [1.29, 1.82) is 0 Å². The number of para-hydroxylation sites is 1. The third-order valence-corrected chi connectivity index (χ3v) is 5.34. The van der Waals surface area contributed by atoms with Gasteiger partial charge in [-0.1, -0.05) is 18.2 Å². The van der Waals surface area contributed by atoms with Gasteiger partial charge in [-0.25, -0.2) is 35.9 Å². The SMILES string of the molecule is CN(SON)c1c(S(N)=O)ccc(-c2cccc3[nH]c(N)nc23)c1/C(N)=N/NN.S.